The minimum absolute atomic E-state index is 0.279. The first-order chi connectivity index (χ1) is 11.6. The van der Waals surface area contributed by atoms with Crippen LogP contribution < -0.4 is 24.8 Å². The average molecular weight is 330 g/mol. The molecule has 0 radical (unpaired) electrons. The molecule has 0 aliphatic rings. The fraction of sp³-hybridized carbons (Fsp3) is 0.278. The second-order valence-electron chi connectivity index (χ2n) is 5.08. The Morgan fingerprint density at radius 2 is 1.46 bits per heavy atom. The molecule has 2 amide bonds. The number of amides is 2. The van der Waals surface area contributed by atoms with E-state index in [0.717, 1.165) is 17.7 Å². The molecule has 0 aliphatic heterocycles. The molecule has 2 N–H and O–H groups in total. The number of ether oxygens (including phenoxy) is 3. The molecule has 0 heterocycles. The average Bonchev–Trinajstić information content (AvgIpc) is 2.61. The van der Waals surface area contributed by atoms with E-state index in [0.29, 0.717) is 23.7 Å². The number of rotatable bonds is 7. The molecular formula is C18H22N2O4. The summed E-state index contributed by atoms with van der Waals surface area (Å²) in [6, 6.07) is 12.7. The third kappa shape index (κ3) is 5.08. The largest absolute Gasteiger partial charge is 0.497 e. The number of hydrogen-bond donors (Lipinski definition) is 2. The van der Waals surface area contributed by atoms with Crippen molar-refractivity contribution >= 4 is 11.7 Å². The Morgan fingerprint density at radius 1 is 0.875 bits per heavy atom. The van der Waals surface area contributed by atoms with Crippen LogP contribution in [-0.2, 0) is 6.42 Å². The van der Waals surface area contributed by atoms with E-state index >= 15 is 0 Å². The van der Waals surface area contributed by atoms with Gasteiger partial charge in [-0.25, -0.2) is 4.79 Å². The first kappa shape index (κ1) is 17.5. The Kier molecular flexibility index (Phi) is 6.31. The molecule has 0 atom stereocenters. The predicted octanol–water partition coefficient (Wildman–Crippen LogP) is 3.08. The summed E-state index contributed by atoms with van der Waals surface area (Å²) in [5.41, 5.74) is 1.73. The number of benzene rings is 2. The van der Waals surface area contributed by atoms with Gasteiger partial charge in [-0.3, -0.25) is 0 Å². The van der Waals surface area contributed by atoms with Crippen LogP contribution in [0.25, 0.3) is 0 Å². The Bertz CT molecular complexity index is 649. The van der Waals surface area contributed by atoms with Gasteiger partial charge in [0.25, 0.3) is 0 Å². The van der Waals surface area contributed by atoms with Gasteiger partial charge in [0.2, 0.25) is 0 Å². The summed E-state index contributed by atoms with van der Waals surface area (Å²) < 4.78 is 15.5. The first-order valence-corrected chi connectivity index (χ1v) is 7.55. The van der Waals surface area contributed by atoms with Crippen molar-refractivity contribution < 1.29 is 19.0 Å². The van der Waals surface area contributed by atoms with Gasteiger partial charge in [0, 0.05) is 30.4 Å². The summed E-state index contributed by atoms with van der Waals surface area (Å²) in [5, 5.41) is 5.59. The van der Waals surface area contributed by atoms with E-state index in [-0.39, 0.29) is 6.03 Å². The van der Waals surface area contributed by atoms with Crippen molar-refractivity contribution in [1.82, 2.24) is 5.32 Å². The molecule has 6 nitrogen and oxygen atoms in total. The molecule has 0 fully saturated rings. The van der Waals surface area contributed by atoms with Crippen molar-refractivity contribution in [3.05, 3.63) is 48.0 Å². The van der Waals surface area contributed by atoms with Crippen molar-refractivity contribution in [2.45, 2.75) is 6.42 Å². The fourth-order valence-corrected chi connectivity index (χ4v) is 2.17. The van der Waals surface area contributed by atoms with Crippen LogP contribution in [0.2, 0.25) is 0 Å². The summed E-state index contributed by atoms with van der Waals surface area (Å²) in [5.74, 6) is 2.04. The SMILES string of the molecule is COc1ccc(CCNC(=O)Nc2cc(OC)cc(OC)c2)cc1. The van der Waals surface area contributed by atoms with Crippen molar-refractivity contribution in [2.75, 3.05) is 33.2 Å². The molecule has 0 bridgehead atoms. The Labute approximate surface area is 141 Å². The van der Waals surface area contributed by atoms with Crippen LogP contribution in [0.5, 0.6) is 17.2 Å². The molecule has 0 saturated heterocycles. The van der Waals surface area contributed by atoms with Crippen molar-refractivity contribution in [3.8, 4) is 17.2 Å². The second-order valence-corrected chi connectivity index (χ2v) is 5.08. The number of nitrogens with one attached hydrogen (secondary N) is 2. The molecule has 128 valence electrons. The van der Waals surface area contributed by atoms with Crippen LogP contribution in [0.3, 0.4) is 0 Å². The van der Waals surface area contributed by atoms with Gasteiger partial charge in [-0.1, -0.05) is 12.1 Å². The summed E-state index contributed by atoms with van der Waals surface area (Å²) >= 11 is 0. The molecule has 0 saturated carbocycles. The summed E-state index contributed by atoms with van der Waals surface area (Å²) in [7, 11) is 4.76. The van der Waals surface area contributed by atoms with E-state index in [1.165, 1.54) is 0 Å². The molecular weight excluding hydrogens is 308 g/mol. The van der Waals surface area contributed by atoms with Crippen LogP contribution >= 0.6 is 0 Å². The highest BCUT2D eigenvalue weighted by Gasteiger charge is 2.06. The first-order valence-electron chi connectivity index (χ1n) is 7.55. The van der Waals surface area contributed by atoms with Crippen molar-refractivity contribution in [2.24, 2.45) is 0 Å². The lowest BCUT2D eigenvalue weighted by Crippen LogP contribution is -2.30. The van der Waals surface area contributed by atoms with Crippen LogP contribution in [0.4, 0.5) is 10.5 Å². The third-order valence-electron chi connectivity index (χ3n) is 3.47. The van der Waals surface area contributed by atoms with Crippen molar-refractivity contribution in [3.63, 3.8) is 0 Å². The summed E-state index contributed by atoms with van der Waals surface area (Å²) in [4.78, 5) is 12.0. The zero-order valence-electron chi connectivity index (χ0n) is 14.1. The minimum Gasteiger partial charge on any atom is -0.497 e. The van der Waals surface area contributed by atoms with E-state index in [4.69, 9.17) is 14.2 Å². The van der Waals surface area contributed by atoms with E-state index in [2.05, 4.69) is 10.6 Å². The molecule has 2 rings (SSSR count). The molecule has 24 heavy (non-hydrogen) atoms. The molecule has 2 aromatic rings. The summed E-state index contributed by atoms with van der Waals surface area (Å²) in [6.07, 6.45) is 0.735. The van der Waals surface area contributed by atoms with Crippen LogP contribution in [0.1, 0.15) is 5.56 Å². The zero-order chi connectivity index (χ0) is 17.4. The third-order valence-corrected chi connectivity index (χ3v) is 3.47. The second kappa shape index (κ2) is 8.67. The maximum absolute atomic E-state index is 12.0. The van der Waals surface area contributed by atoms with Gasteiger partial charge in [-0.05, 0) is 24.1 Å². The van der Waals surface area contributed by atoms with Crippen LogP contribution in [0, 0.1) is 0 Å². The fourth-order valence-electron chi connectivity index (χ4n) is 2.17. The number of carbonyl (C=O) groups excluding carboxylic acids is 1. The Morgan fingerprint density at radius 3 is 2.00 bits per heavy atom. The Balaban J connectivity index is 1.84. The highest BCUT2D eigenvalue weighted by molar-refractivity contribution is 5.89. The lowest BCUT2D eigenvalue weighted by Gasteiger charge is -2.11. The smallest absolute Gasteiger partial charge is 0.319 e. The van der Waals surface area contributed by atoms with Crippen molar-refractivity contribution in [1.29, 1.82) is 0 Å². The number of urea groups is 1. The van der Waals surface area contributed by atoms with Gasteiger partial charge >= 0.3 is 6.03 Å². The predicted molar refractivity (Wildman–Crippen MR) is 93.3 cm³/mol. The Hall–Kier alpha value is -2.89. The number of carbonyl (C=O) groups is 1. The standard InChI is InChI=1S/C18H22N2O4/c1-22-15-6-4-13(5-7-15)8-9-19-18(21)20-14-10-16(23-2)12-17(11-14)24-3/h4-7,10-12H,8-9H2,1-3H3,(H2,19,20,21). The minimum atomic E-state index is -0.279. The quantitative estimate of drug-likeness (QED) is 0.818. The van der Waals surface area contributed by atoms with Gasteiger partial charge in [-0.2, -0.15) is 0 Å². The van der Waals surface area contributed by atoms with E-state index in [1.807, 2.05) is 24.3 Å². The van der Waals surface area contributed by atoms with Crippen LogP contribution in [0.15, 0.2) is 42.5 Å². The maximum Gasteiger partial charge on any atom is 0.319 e. The molecule has 6 heteroatoms. The van der Waals surface area contributed by atoms with E-state index in [1.54, 1.807) is 39.5 Å². The maximum atomic E-state index is 12.0. The molecule has 0 spiro atoms. The van der Waals surface area contributed by atoms with Gasteiger partial charge < -0.3 is 24.8 Å². The molecule has 0 unspecified atom stereocenters. The highest BCUT2D eigenvalue weighted by atomic mass is 16.5. The monoisotopic (exact) mass is 330 g/mol. The summed E-state index contributed by atoms with van der Waals surface area (Å²) in [6.45, 7) is 0.527. The van der Waals surface area contributed by atoms with Gasteiger partial charge in [0.15, 0.2) is 0 Å². The lowest BCUT2D eigenvalue weighted by molar-refractivity contribution is 0.252. The highest BCUT2D eigenvalue weighted by Crippen LogP contribution is 2.25. The number of anilines is 1. The van der Waals surface area contributed by atoms with E-state index < -0.39 is 0 Å². The van der Waals surface area contributed by atoms with Gasteiger partial charge in [-0.15, -0.1) is 0 Å². The molecule has 0 aliphatic carbocycles. The lowest BCUT2D eigenvalue weighted by atomic mass is 10.1. The van der Waals surface area contributed by atoms with E-state index in [9.17, 15) is 4.79 Å². The molecule has 2 aromatic carbocycles. The normalized spacial score (nSPS) is 9.96. The van der Waals surface area contributed by atoms with Gasteiger partial charge in [0.1, 0.15) is 17.2 Å². The van der Waals surface area contributed by atoms with Gasteiger partial charge in [0.05, 0.1) is 21.3 Å². The van der Waals surface area contributed by atoms with Crippen LogP contribution in [-0.4, -0.2) is 33.9 Å². The number of methoxy groups -OCH3 is 3. The number of hydrogen-bond acceptors (Lipinski definition) is 4. The zero-order valence-corrected chi connectivity index (χ0v) is 14.1. The molecule has 0 aromatic heterocycles. The topological polar surface area (TPSA) is 68.8 Å².